The number of benzene rings is 1. The molecule has 7 nitrogen and oxygen atoms in total. The third kappa shape index (κ3) is 2.83. The summed E-state index contributed by atoms with van der Waals surface area (Å²) < 4.78 is 27.4. The average Bonchev–Trinajstić information content (AvgIpc) is 2.82. The molecule has 2 rings (SSSR count). The van der Waals surface area contributed by atoms with E-state index in [2.05, 4.69) is 20.2 Å². The Morgan fingerprint density at radius 3 is 2.78 bits per heavy atom. The predicted molar refractivity (Wildman–Crippen MR) is 66.9 cm³/mol. The maximum atomic E-state index is 11.7. The molecule has 18 heavy (non-hydrogen) atoms. The maximum absolute atomic E-state index is 11.7. The zero-order valence-electron chi connectivity index (χ0n) is 9.81. The van der Waals surface area contributed by atoms with Crippen LogP contribution in [0.2, 0.25) is 0 Å². The van der Waals surface area contributed by atoms with Crippen molar-refractivity contribution in [1.82, 2.24) is 20.2 Å². The molecule has 0 aliphatic heterocycles. The van der Waals surface area contributed by atoms with Gasteiger partial charge in [0.25, 0.3) is 0 Å². The number of anilines is 1. The first-order valence-corrected chi connectivity index (χ1v) is 7.10. The van der Waals surface area contributed by atoms with E-state index in [0.29, 0.717) is 17.8 Å². The number of para-hydroxylation sites is 2. The van der Waals surface area contributed by atoms with E-state index >= 15 is 0 Å². The minimum Gasteiger partial charge on any atom is -0.281 e. The van der Waals surface area contributed by atoms with E-state index < -0.39 is 10.0 Å². The normalized spacial score (nSPS) is 11.4. The smallest absolute Gasteiger partial charge is 0.232 e. The van der Waals surface area contributed by atoms with Crippen LogP contribution in [0.3, 0.4) is 0 Å². The van der Waals surface area contributed by atoms with E-state index in [1.54, 1.807) is 24.3 Å². The summed E-state index contributed by atoms with van der Waals surface area (Å²) in [4.78, 5) is 0. The molecule has 0 amide bonds. The number of nitrogens with one attached hydrogen (secondary N) is 1. The van der Waals surface area contributed by atoms with E-state index in [-0.39, 0.29) is 5.75 Å². The molecular formula is C10H13N5O2S. The van der Waals surface area contributed by atoms with Crippen LogP contribution in [0.15, 0.2) is 30.6 Å². The first kappa shape index (κ1) is 12.5. The van der Waals surface area contributed by atoms with Gasteiger partial charge in [0, 0.05) is 0 Å². The Hall–Kier alpha value is -1.96. The Balaban J connectivity index is 2.35. The Morgan fingerprint density at radius 1 is 1.33 bits per heavy atom. The molecule has 1 heterocycles. The summed E-state index contributed by atoms with van der Waals surface area (Å²) in [5.74, 6) is 0.0803. The molecule has 0 radical (unpaired) electrons. The van der Waals surface area contributed by atoms with E-state index in [1.165, 1.54) is 11.0 Å². The largest absolute Gasteiger partial charge is 0.281 e. The van der Waals surface area contributed by atoms with Crippen molar-refractivity contribution in [2.75, 3.05) is 10.5 Å². The summed E-state index contributed by atoms with van der Waals surface area (Å²) >= 11 is 0. The van der Waals surface area contributed by atoms with E-state index in [4.69, 9.17) is 0 Å². The second-order valence-electron chi connectivity index (χ2n) is 3.69. The van der Waals surface area contributed by atoms with Crippen LogP contribution < -0.4 is 4.72 Å². The van der Waals surface area contributed by atoms with Crippen molar-refractivity contribution < 1.29 is 8.42 Å². The highest BCUT2D eigenvalue weighted by Crippen LogP contribution is 2.19. The van der Waals surface area contributed by atoms with Crippen LogP contribution in [0.1, 0.15) is 13.3 Å². The van der Waals surface area contributed by atoms with Crippen LogP contribution in [0.4, 0.5) is 5.69 Å². The van der Waals surface area contributed by atoms with E-state index in [0.717, 1.165) is 0 Å². The van der Waals surface area contributed by atoms with Crippen molar-refractivity contribution in [1.29, 1.82) is 0 Å². The second-order valence-corrected chi connectivity index (χ2v) is 5.53. The number of sulfonamides is 1. The van der Waals surface area contributed by atoms with Crippen molar-refractivity contribution in [3.8, 4) is 5.69 Å². The number of nitrogens with zero attached hydrogens (tertiary/aromatic N) is 4. The van der Waals surface area contributed by atoms with Gasteiger partial charge in [-0.1, -0.05) is 19.1 Å². The van der Waals surface area contributed by atoms with Gasteiger partial charge in [-0.3, -0.25) is 4.72 Å². The van der Waals surface area contributed by atoms with Crippen molar-refractivity contribution in [2.24, 2.45) is 0 Å². The Kier molecular flexibility index (Phi) is 3.56. The van der Waals surface area contributed by atoms with Crippen LogP contribution in [0, 0.1) is 0 Å². The highest BCUT2D eigenvalue weighted by Gasteiger charge is 2.12. The maximum Gasteiger partial charge on any atom is 0.232 e. The fraction of sp³-hybridized carbons (Fsp3) is 0.300. The fourth-order valence-electron chi connectivity index (χ4n) is 1.52. The molecule has 0 atom stereocenters. The van der Waals surface area contributed by atoms with Crippen LogP contribution in [-0.4, -0.2) is 34.4 Å². The van der Waals surface area contributed by atoms with Crippen LogP contribution in [0.25, 0.3) is 5.69 Å². The predicted octanol–water partition coefficient (Wildman–Crippen LogP) is 0.814. The molecule has 2 aromatic rings. The molecule has 96 valence electrons. The summed E-state index contributed by atoms with van der Waals surface area (Å²) in [6, 6.07) is 6.94. The van der Waals surface area contributed by atoms with Crippen molar-refractivity contribution in [3.63, 3.8) is 0 Å². The Labute approximate surface area is 105 Å². The topological polar surface area (TPSA) is 89.8 Å². The first-order chi connectivity index (χ1) is 8.62. The molecule has 0 bridgehead atoms. The van der Waals surface area contributed by atoms with E-state index in [1.807, 2.05) is 6.92 Å². The van der Waals surface area contributed by atoms with Gasteiger partial charge in [0.05, 0.1) is 17.1 Å². The third-order valence-electron chi connectivity index (χ3n) is 2.24. The minimum atomic E-state index is -3.33. The number of hydrogen-bond acceptors (Lipinski definition) is 5. The number of aromatic nitrogens is 4. The van der Waals surface area contributed by atoms with Crippen molar-refractivity contribution >= 4 is 15.7 Å². The highest BCUT2D eigenvalue weighted by molar-refractivity contribution is 7.92. The van der Waals surface area contributed by atoms with Gasteiger partial charge >= 0.3 is 0 Å². The molecule has 0 aliphatic carbocycles. The Morgan fingerprint density at radius 2 is 2.11 bits per heavy atom. The summed E-state index contributed by atoms with van der Waals surface area (Å²) in [7, 11) is -3.33. The molecular weight excluding hydrogens is 254 g/mol. The summed E-state index contributed by atoms with van der Waals surface area (Å²) in [6.45, 7) is 1.81. The van der Waals surface area contributed by atoms with E-state index in [9.17, 15) is 8.42 Å². The SMILES string of the molecule is CCCS(=O)(=O)Nc1ccccc1-n1cnnn1. The molecule has 0 fully saturated rings. The number of hydrogen-bond donors (Lipinski definition) is 1. The molecule has 0 saturated carbocycles. The lowest BCUT2D eigenvalue weighted by molar-refractivity contribution is 0.600. The summed E-state index contributed by atoms with van der Waals surface area (Å²) in [6.07, 6.45) is 1.97. The lowest BCUT2D eigenvalue weighted by Gasteiger charge is -2.11. The van der Waals surface area contributed by atoms with Gasteiger partial charge in [0.15, 0.2) is 0 Å². The van der Waals surface area contributed by atoms with Crippen LogP contribution >= 0.6 is 0 Å². The van der Waals surface area contributed by atoms with Crippen LogP contribution in [0.5, 0.6) is 0 Å². The molecule has 1 aromatic heterocycles. The number of tetrazole rings is 1. The molecule has 0 spiro atoms. The fourth-order valence-corrected chi connectivity index (χ4v) is 2.67. The van der Waals surface area contributed by atoms with Gasteiger partial charge in [0.2, 0.25) is 10.0 Å². The lowest BCUT2D eigenvalue weighted by Crippen LogP contribution is -2.17. The number of rotatable bonds is 5. The summed E-state index contributed by atoms with van der Waals surface area (Å²) in [5, 5.41) is 10.8. The first-order valence-electron chi connectivity index (χ1n) is 5.45. The van der Waals surface area contributed by atoms with Gasteiger partial charge in [-0.25, -0.2) is 8.42 Å². The minimum absolute atomic E-state index is 0.0803. The monoisotopic (exact) mass is 267 g/mol. The van der Waals surface area contributed by atoms with Crippen molar-refractivity contribution in [2.45, 2.75) is 13.3 Å². The standard InChI is InChI=1S/C10H13N5O2S/c1-2-7-18(16,17)12-9-5-3-4-6-10(9)15-8-11-13-14-15/h3-6,8,12H,2,7H2,1H3. The van der Waals surface area contributed by atoms with Crippen LogP contribution in [-0.2, 0) is 10.0 Å². The molecule has 1 aromatic carbocycles. The average molecular weight is 267 g/mol. The molecule has 0 aliphatic rings. The van der Waals surface area contributed by atoms with Gasteiger partial charge in [-0.05, 0) is 29.0 Å². The van der Waals surface area contributed by atoms with Gasteiger partial charge in [-0.15, -0.1) is 5.10 Å². The van der Waals surface area contributed by atoms with Crippen molar-refractivity contribution in [3.05, 3.63) is 30.6 Å². The lowest BCUT2D eigenvalue weighted by atomic mass is 10.3. The molecule has 1 N–H and O–H groups in total. The highest BCUT2D eigenvalue weighted by atomic mass is 32.2. The molecule has 8 heteroatoms. The molecule has 0 saturated heterocycles. The quantitative estimate of drug-likeness (QED) is 0.866. The second kappa shape index (κ2) is 5.13. The molecule has 0 unspecified atom stereocenters. The van der Waals surface area contributed by atoms with Gasteiger partial charge in [-0.2, -0.15) is 4.68 Å². The zero-order chi connectivity index (χ0) is 13.0. The third-order valence-corrected chi connectivity index (χ3v) is 3.71. The summed E-state index contributed by atoms with van der Waals surface area (Å²) in [5.41, 5.74) is 1.04. The Bertz CT molecular complexity index is 609. The van der Waals surface area contributed by atoms with Gasteiger partial charge in [0.1, 0.15) is 6.33 Å². The van der Waals surface area contributed by atoms with Gasteiger partial charge < -0.3 is 0 Å². The zero-order valence-corrected chi connectivity index (χ0v) is 10.6.